The molecule has 29 heavy (non-hydrogen) atoms. The molecule has 3 aliphatic rings. The van der Waals surface area contributed by atoms with Crippen molar-refractivity contribution >= 4 is 24.0 Å². The van der Waals surface area contributed by atoms with Crippen LogP contribution in [0.4, 0.5) is 16.3 Å². The standard InChI is InChI=1S/C19H22N4O3.CH3NO/c1-13-12-26-19(24)23(13)17-11-22-8-9-25-16-10-14(21-6-2-3-7-21)4-5-15(16)18(22)20-17;2-1-3/h4-5,10-11,13H,2-3,6-9,12H2,1H3;1H,(H2,2,3)/t13-;/m1./s1. The van der Waals surface area contributed by atoms with Crippen molar-refractivity contribution in [2.24, 2.45) is 5.73 Å². The van der Waals surface area contributed by atoms with Gasteiger partial charge in [-0.15, -0.1) is 0 Å². The second kappa shape index (κ2) is 8.02. The Morgan fingerprint density at radius 3 is 2.66 bits per heavy atom. The van der Waals surface area contributed by atoms with Crippen LogP contribution in [0.1, 0.15) is 19.8 Å². The van der Waals surface area contributed by atoms with Crippen LogP contribution in [-0.4, -0.2) is 54.4 Å². The Balaban J connectivity index is 0.000000645. The van der Waals surface area contributed by atoms with Gasteiger partial charge in [0.2, 0.25) is 6.41 Å². The summed E-state index contributed by atoms with van der Waals surface area (Å²) in [7, 11) is 0. The fraction of sp³-hybridized carbons (Fsp3) is 0.450. The molecular formula is C20H25N5O4. The van der Waals surface area contributed by atoms with Gasteiger partial charge >= 0.3 is 6.09 Å². The summed E-state index contributed by atoms with van der Waals surface area (Å²) in [5, 5.41) is 0. The van der Waals surface area contributed by atoms with E-state index in [1.54, 1.807) is 4.90 Å². The van der Waals surface area contributed by atoms with E-state index in [-0.39, 0.29) is 18.5 Å². The Morgan fingerprint density at radius 1 is 1.21 bits per heavy atom. The average molecular weight is 399 g/mol. The van der Waals surface area contributed by atoms with Gasteiger partial charge in [0, 0.05) is 31.0 Å². The SMILES string of the molecule is C[C@@H]1COC(=O)N1c1cn2c(n1)-c1ccc(N3CCCC3)cc1OCC2.NC=O. The molecule has 2 fully saturated rings. The van der Waals surface area contributed by atoms with Gasteiger partial charge in [-0.2, -0.15) is 0 Å². The molecule has 3 aliphatic heterocycles. The minimum atomic E-state index is -0.327. The van der Waals surface area contributed by atoms with Crippen LogP contribution in [0.2, 0.25) is 0 Å². The highest BCUT2D eigenvalue weighted by atomic mass is 16.6. The van der Waals surface area contributed by atoms with Crippen LogP contribution in [0.5, 0.6) is 5.75 Å². The van der Waals surface area contributed by atoms with Gasteiger partial charge in [0.1, 0.15) is 24.8 Å². The molecule has 9 heteroatoms. The first-order valence-corrected chi connectivity index (χ1v) is 9.83. The number of benzene rings is 1. The molecule has 0 spiro atoms. The molecule has 2 N–H and O–H groups in total. The maximum atomic E-state index is 12.0. The lowest BCUT2D eigenvalue weighted by atomic mass is 10.1. The van der Waals surface area contributed by atoms with Gasteiger partial charge in [-0.1, -0.05) is 0 Å². The molecule has 9 nitrogen and oxygen atoms in total. The number of hydrogen-bond donors (Lipinski definition) is 1. The van der Waals surface area contributed by atoms with E-state index in [1.807, 2.05) is 13.1 Å². The molecule has 1 aromatic carbocycles. The van der Waals surface area contributed by atoms with E-state index in [0.29, 0.717) is 25.6 Å². The lowest BCUT2D eigenvalue weighted by molar-refractivity contribution is -0.106. The number of ether oxygens (including phenoxy) is 2. The summed E-state index contributed by atoms with van der Waals surface area (Å²) in [6, 6.07) is 6.35. The summed E-state index contributed by atoms with van der Waals surface area (Å²) in [5.41, 5.74) is 6.34. The van der Waals surface area contributed by atoms with Crippen molar-refractivity contribution in [2.75, 3.05) is 36.1 Å². The first-order valence-electron chi connectivity index (χ1n) is 9.83. The van der Waals surface area contributed by atoms with Crippen molar-refractivity contribution in [1.29, 1.82) is 0 Å². The van der Waals surface area contributed by atoms with E-state index in [9.17, 15) is 4.79 Å². The van der Waals surface area contributed by atoms with Crippen LogP contribution in [-0.2, 0) is 16.1 Å². The summed E-state index contributed by atoms with van der Waals surface area (Å²) in [6.45, 7) is 5.86. The molecule has 4 heterocycles. The maximum Gasteiger partial charge on any atom is 0.415 e. The van der Waals surface area contributed by atoms with E-state index >= 15 is 0 Å². The number of nitrogens with zero attached hydrogens (tertiary/aromatic N) is 4. The summed E-state index contributed by atoms with van der Waals surface area (Å²) in [4.78, 5) is 29.4. The smallest absolute Gasteiger partial charge is 0.415 e. The number of carbonyl (C=O) groups is 2. The number of anilines is 2. The van der Waals surface area contributed by atoms with Gasteiger partial charge in [-0.3, -0.25) is 9.69 Å². The number of rotatable bonds is 2. The molecule has 0 saturated carbocycles. The number of primary amides is 1. The highest BCUT2D eigenvalue weighted by Gasteiger charge is 2.34. The van der Waals surface area contributed by atoms with Crippen molar-refractivity contribution in [3.63, 3.8) is 0 Å². The lowest BCUT2D eigenvalue weighted by Gasteiger charge is -2.19. The number of hydrogen-bond acceptors (Lipinski definition) is 6. The van der Waals surface area contributed by atoms with Crippen molar-refractivity contribution in [1.82, 2.24) is 9.55 Å². The number of aromatic nitrogens is 2. The van der Waals surface area contributed by atoms with Crippen LogP contribution >= 0.6 is 0 Å². The molecule has 1 aromatic heterocycles. The van der Waals surface area contributed by atoms with E-state index in [2.05, 4.69) is 33.4 Å². The van der Waals surface area contributed by atoms with Crippen LogP contribution in [0, 0.1) is 0 Å². The third-order valence-electron chi connectivity index (χ3n) is 5.36. The number of cyclic esters (lactones) is 1. The Labute approximate surface area is 169 Å². The highest BCUT2D eigenvalue weighted by Crippen LogP contribution is 2.37. The molecule has 154 valence electrons. The number of nitrogens with two attached hydrogens (primary N) is 1. The summed E-state index contributed by atoms with van der Waals surface area (Å²) >= 11 is 0. The van der Waals surface area contributed by atoms with Gasteiger partial charge in [0.05, 0.1) is 18.2 Å². The molecular weight excluding hydrogens is 374 g/mol. The Morgan fingerprint density at radius 2 is 1.97 bits per heavy atom. The van der Waals surface area contributed by atoms with Crippen LogP contribution in [0.15, 0.2) is 24.4 Å². The van der Waals surface area contributed by atoms with Gasteiger partial charge in [-0.05, 0) is 31.9 Å². The summed E-state index contributed by atoms with van der Waals surface area (Å²) < 4.78 is 13.2. The fourth-order valence-electron chi connectivity index (χ4n) is 3.98. The monoisotopic (exact) mass is 399 g/mol. The largest absolute Gasteiger partial charge is 0.491 e. The van der Waals surface area contributed by atoms with Gasteiger partial charge in [-0.25, -0.2) is 9.78 Å². The molecule has 0 bridgehead atoms. The number of amides is 2. The van der Waals surface area contributed by atoms with Gasteiger partial charge < -0.3 is 24.7 Å². The topological polar surface area (TPSA) is 103 Å². The first-order chi connectivity index (χ1) is 14.1. The van der Waals surface area contributed by atoms with E-state index < -0.39 is 0 Å². The predicted molar refractivity (Wildman–Crippen MR) is 108 cm³/mol. The normalized spacial score (nSPS) is 20.0. The molecule has 0 radical (unpaired) electrons. The van der Waals surface area contributed by atoms with Crippen molar-refractivity contribution in [3.05, 3.63) is 24.4 Å². The summed E-state index contributed by atoms with van der Waals surface area (Å²) in [6.07, 6.45) is 4.34. The zero-order chi connectivity index (χ0) is 20.4. The molecule has 1 atom stereocenters. The zero-order valence-electron chi connectivity index (χ0n) is 16.4. The van der Waals surface area contributed by atoms with Crippen molar-refractivity contribution in [3.8, 4) is 17.1 Å². The third kappa shape index (κ3) is 3.59. The highest BCUT2D eigenvalue weighted by molar-refractivity contribution is 5.89. The van der Waals surface area contributed by atoms with E-state index in [1.165, 1.54) is 18.5 Å². The minimum absolute atomic E-state index is 0.00472. The van der Waals surface area contributed by atoms with Crippen LogP contribution < -0.4 is 20.3 Å². The predicted octanol–water partition coefficient (Wildman–Crippen LogP) is 1.99. The van der Waals surface area contributed by atoms with Crippen LogP contribution in [0.25, 0.3) is 11.4 Å². The molecule has 2 aromatic rings. The maximum absolute atomic E-state index is 12.0. The molecule has 2 amide bonds. The second-order valence-electron chi connectivity index (χ2n) is 7.27. The van der Waals surface area contributed by atoms with Crippen molar-refractivity contribution < 1.29 is 19.1 Å². The quantitative estimate of drug-likeness (QED) is 0.775. The third-order valence-corrected chi connectivity index (χ3v) is 5.36. The Bertz CT molecular complexity index is 906. The Hall–Kier alpha value is -3.23. The number of imidazole rings is 1. The Kier molecular flexibility index (Phi) is 5.28. The van der Waals surface area contributed by atoms with Gasteiger partial charge in [0.15, 0.2) is 5.82 Å². The summed E-state index contributed by atoms with van der Waals surface area (Å²) in [5.74, 6) is 2.35. The molecule has 0 unspecified atom stereocenters. The molecule has 5 rings (SSSR count). The van der Waals surface area contributed by atoms with Gasteiger partial charge in [0.25, 0.3) is 0 Å². The van der Waals surface area contributed by atoms with Crippen LogP contribution in [0.3, 0.4) is 0 Å². The number of fused-ring (bicyclic) bond motifs is 3. The molecule has 2 saturated heterocycles. The minimum Gasteiger partial charge on any atom is -0.491 e. The van der Waals surface area contributed by atoms with Crippen molar-refractivity contribution in [2.45, 2.75) is 32.4 Å². The zero-order valence-corrected chi connectivity index (χ0v) is 16.4. The van der Waals surface area contributed by atoms with E-state index in [0.717, 1.165) is 30.2 Å². The number of carbonyl (C=O) groups excluding carboxylic acids is 2. The first kappa shape index (κ1) is 19.1. The van der Waals surface area contributed by atoms with E-state index in [4.69, 9.17) is 19.3 Å². The second-order valence-corrected chi connectivity index (χ2v) is 7.27. The lowest BCUT2D eigenvalue weighted by Crippen LogP contribution is -2.31. The molecule has 0 aliphatic carbocycles. The fourth-order valence-corrected chi connectivity index (χ4v) is 3.98. The average Bonchev–Trinajstić information content (AvgIpc) is 3.42.